The number of pyridine rings is 1. The number of fused-ring (bicyclic) bond motifs is 1. The highest BCUT2D eigenvalue weighted by molar-refractivity contribution is 6.03. The maximum absolute atomic E-state index is 14.3. The molecule has 1 aromatic carbocycles. The molecule has 0 amide bonds. The summed E-state index contributed by atoms with van der Waals surface area (Å²) in [4.78, 5) is 19.0. The van der Waals surface area contributed by atoms with Crippen LogP contribution in [0.5, 0.6) is 5.88 Å². The Labute approximate surface area is 198 Å². The van der Waals surface area contributed by atoms with Gasteiger partial charge in [-0.05, 0) is 43.0 Å². The molecule has 0 fully saturated rings. The number of ether oxygens (including phenoxy) is 2. The van der Waals surface area contributed by atoms with Crippen molar-refractivity contribution in [1.29, 1.82) is 0 Å². The second-order valence-corrected chi connectivity index (χ2v) is 8.11. The summed E-state index contributed by atoms with van der Waals surface area (Å²) in [7, 11) is 3.20. The van der Waals surface area contributed by atoms with E-state index in [0.717, 1.165) is 34.6 Å². The first-order valence-corrected chi connectivity index (χ1v) is 11.1. The summed E-state index contributed by atoms with van der Waals surface area (Å²) < 4.78 is 24.7. The van der Waals surface area contributed by atoms with Crippen molar-refractivity contribution in [2.24, 2.45) is 5.16 Å². The van der Waals surface area contributed by atoms with Gasteiger partial charge in [-0.15, -0.1) is 0 Å². The van der Waals surface area contributed by atoms with Crippen LogP contribution >= 0.6 is 0 Å². The molecule has 1 atom stereocenters. The van der Waals surface area contributed by atoms with Gasteiger partial charge in [0.1, 0.15) is 12.4 Å². The van der Waals surface area contributed by atoms with Crippen LogP contribution in [-0.4, -0.2) is 48.1 Å². The molecule has 1 aliphatic carbocycles. The zero-order valence-electron chi connectivity index (χ0n) is 19.5. The summed E-state index contributed by atoms with van der Waals surface area (Å²) in [6.07, 6.45) is 1.91. The topological polar surface area (TPSA) is 105 Å². The van der Waals surface area contributed by atoms with Crippen molar-refractivity contribution in [3.8, 4) is 17.1 Å². The van der Waals surface area contributed by atoms with Crippen molar-refractivity contribution in [2.45, 2.75) is 32.1 Å². The Kier molecular flexibility index (Phi) is 7.32. The summed E-state index contributed by atoms with van der Waals surface area (Å²) in [5, 5.41) is 4.44. The number of oxime groups is 1. The molecular formula is C25H28FN5O3. The predicted octanol–water partition coefficient (Wildman–Crippen LogP) is 4.06. The number of anilines is 1. The van der Waals surface area contributed by atoms with E-state index in [-0.39, 0.29) is 17.7 Å². The van der Waals surface area contributed by atoms with Gasteiger partial charge >= 0.3 is 0 Å². The number of hydrogen-bond acceptors (Lipinski definition) is 8. The molecule has 3 aromatic rings. The monoisotopic (exact) mass is 465 g/mol. The van der Waals surface area contributed by atoms with Crippen LogP contribution in [0.1, 0.15) is 41.3 Å². The molecule has 2 aromatic heterocycles. The smallest absolute Gasteiger partial charge is 0.220 e. The predicted molar refractivity (Wildman–Crippen MR) is 127 cm³/mol. The van der Waals surface area contributed by atoms with E-state index >= 15 is 0 Å². The summed E-state index contributed by atoms with van der Waals surface area (Å²) in [5.74, 6) is 0.305. The fourth-order valence-electron chi connectivity index (χ4n) is 4.30. The van der Waals surface area contributed by atoms with Gasteiger partial charge in [0, 0.05) is 43.8 Å². The van der Waals surface area contributed by atoms with Crippen LogP contribution in [0.3, 0.4) is 0 Å². The van der Waals surface area contributed by atoms with Crippen LogP contribution in [0.15, 0.2) is 41.6 Å². The minimum absolute atomic E-state index is 0.0360. The van der Waals surface area contributed by atoms with Crippen LogP contribution in [0, 0.1) is 12.7 Å². The van der Waals surface area contributed by atoms with E-state index in [4.69, 9.17) is 20.0 Å². The molecule has 0 radical (unpaired) electrons. The zero-order chi connectivity index (χ0) is 24.1. The molecule has 0 saturated heterocycles. The van der Waals surface area contributed by atoms with Crippen molar-refractivity contribution < 1.29 is 18.7 Å². The van der Waals surface area contributed by atoms with E-state index in [9.17, 15) is 4.39 Å². The first kappa shape index (κ1) is 23.6. The molecular weight excluding hydrogens is 437 g/mol. The highest BCUT2D eigenvalue weighted by Crippen LogP contribution is 2.38. The lowest BCUT2D eigenvalue weighted by atomic mass is 9.79. The van der Waals surface area contributed by atoms with Crippen molar-refractivity contribution in [1.82, 2.24) is 15.0 Å². The number of aromatic nitrogens is 3. The Morgan fingerprint density at radius 1 is 1.09 bits per heavy atom. The Balaban J connectivity index is 1.74. The average Bonchev–Trinajstić information content (AvgIpc) is 2.83. The lowest BCUT2D eigenvalue weighted by Crippen LogP contribution is -2.24. The minimum Gasteiger partial charge on any atom is -0.481 e. The van der Waals surface area contributed by atoms with E-state index in [1.54, 1.807) is 26.4 Å². The van der Waals surface area contributed by atoms with Gasteiger partial charge in [-0.1, -0.05) is 17.3 Å². The molecule has 2 N–H and O–H groups in total. The summed E-state index contributed by atoms with van der Waals surface area (Å²) in [5.41, 5.74) is 11.4. The molecule has 2 heterocycles. The number of halogens is 1. The van der Waals surface area contributed by atoms with Crippen molar-refractivity contribution in [3.63, 3.8) is 0 Å². The second-order valence-electron chi connectivity index (χ2n) is 8.11. The SMILES string of the molecule is COCCCO/N=C1\CC(c2ccc(F)cc2-c2cccc(OC)n2)Cc2nc(N)nc(C)c21. The molecule has 1 aliphatic rings. The average molecular weight is 466 g/mol. The molecule has 0 spiro atoms. The highest BCUT2D eigenvalue weighted by atomic mass is 19.1. The number of methoxy groups -OCH3 is 2. The fourth-order valence-corrected chi connectivity index (χ4v) is 4.30. The van der Waals surface area contributed by atoms with Crippen molar-refractivity contribution in [3.05, 3.63) is 64.7 Å². The van der Waals surface area contributed by atoms with Crippen LogP contribution in [-0.2, 0) is 16.0 Å². The third-order valence-corrected chi connectivity index (χ3v) is 5.77. The van der Waals surface area contributed by atoms with Crippen LogP contribution in [0.4, 0.5) is 10.3 Å². The summed E-state index contributed by atoms with van der Waals surface area (Å²) >= 11 is 0. The maximum atomic E-state index is 14.3. The minimum atomic E-state index is -0.336. The number of hydrogen-bond donors (Lipinski definition) is 1. The maximum Gasteiger partial charge on any atom is 0.220 e. The molecule has 1 unspecified atom stereocenters. The molecule has 4 rings (SSSR count). The number of nitrogen functional groups attached to an aromatic ring is 1. The van der Waals surface area contributed by atoms with E-state index in [1.807, 2.05) is 19.1 Å². The fraction of sp³-hybridized carbons (Fsp3) is 0.360. The normalized spacial score (nSPS) is 16.4. The first-order chi connectivity index (χ1) is 16.5. The van der Waals surface area contributed by atoms with E-state index in [2.05, 4.69) is 20.1 Å². The third-order valence-electron chi connectivity index (χ3n) is 5.77. The third kappa shape index (κ3) is 5.14. The lowest BCUT2D eigenvalue weighted by molar-refractivity contribution is 0.108. The van der Waals surface area contributed by atoms with Gasteiger partial charge in [-0.3, -0.25) is 0 Å². The summed E-state index contributed by atoms with van der Waals surface area (Å²) in [6, 6.07) is 10.2. The molecule has 34 heavy (non-hydrogen) atoms. The lowest BCUT2D eigenvalue weighted by Gasteiger charge is -2.27. The molecule has 9 heteroatoms. The van der Waals surface area contributed by atoms with Gasteiger partial charge in [-0.2, -0.15) is 0 Å². The Hall–Kier alpha value is -3.59. The second kappa shape index (κ2) is 10.6. The number of aryl methyl sites for hydroxylation is 1. The number of nitrogens with zero attached hydrogens (tertiary/aromatic N) is 4. The van der Waals surface area contributed by atoms with Gasteiger partial charge < -0.3 is 20.0 Å². The van der Waals surface area contributed by atoms with Crippen molar-refractivity contribution in [2.75, 3.05) is 33.2 Å². The Morgan fingerprint density at radius 3 is 2.74 bits per heavy atom. The van der Waals surface area contributed by atoms with Crippen LogP contribution in [0.2, 0.25) is 0 Å². The molecule has 0 bridgehead atoms. The first-order valence-electron chi connectivity index (χ1n) is 11.1. The van der Waals surface area contributed by atoms with Gasteiger partial charge in [0.05, 0.1) is 29.9 Å². The largest absolute Gasteiger partial charge is 0.481 e. The quantitative estimate of drug-likeness (QED) is 0.395. The van der Waals surface area contributed by atoms with Gasteiger partial charge in [-0.25, -0.2) is 19.3 Å². The van der Waals surface area contributed by atoms with E-state index in [1.165, 1.54) is 12.1 Å². The van der Waals surface area contributed by atoms with Crippen LogP contribution < -0.4 is 10.5 Å². The van der Waals surface area contributed by atoms with E-state index < -0.39 is 0 Å². The summed E-state index contributed by atoms with van der Waals surface area (Å²) in [6.45, 7) is 2.91. The van der Waals surface area contributed by atoms with Crippen LogP contribution in [0.25, 0.3) is 11.3 Å². The molecule has 0 aliphatic heterocycles. The number of rotatable bonds is 8. The zero-order valence-corrected chi connectivity index (χ0v) is 19.5. The van der Waals surface area contributed by atoms with E-state index in [0.29, 0.717) is 43.2 Å². The Bertz CT molecular complexity index is 1200. The van der Waals surface area contributed by atoms with Gasteiger partial charge in [0.15, 0.2) is 0 Å². The standard InChI is InChI=1S/C25H28FN5O3/c1-15-24-21(30-25(27)28-15)12-16(13-22(24)31-34-11-5-10-32-2)18-9-8-17(26)14-19(18)20-6-4-7-23(29-20)33-3/h4,6-9,14,16H,5,10-13H2,1-3H3,(H2,27,28,30)/b31-22+. The molecule has 8 nitrogen and oxygen atoms in total. The number of nitrogens with two attached hydrogens (primary N) is 1. The van der Waals surface area contributed by atoms with Crippen molar-refractivity contribution >= 4 is 11.7 Å². The number of benzene rings is 1. The Morgan fingerprint density at radius 2 is 1.94 bits per heavy atom. The van der Waals surface area contributed by atoms with Gasteiger partial charge in [0.25, 0.3) is 0 Å². The van der Waals surface area contributed by atoms with Gasteiger partial charge in [0.2, 0.25) is 11.8 Å². The highest BCUT2D eigenvalue weighted by Gasteiger charge is 2.31. The molecule has 178 valence electrons. The molecule has 0 saturated carbocycles.